The van der Waals surface area contributed by atoms with Crippen LogP contribution in [0, 0.1) is 0 Å². The van der Waals surface area contributed by atoms with Gasteiger partial charge in [-0.2, -0.15) is 0 Å². The van der Waals surface area contributed by atoms with Gasteiger partial charge in [0.25, 0.3) is 5.91 Å². The van der Waals surface area contributed by atoms with Gasteiger partial charge in [0, 0.05) is 29.9 Å². The standard InChI is InChI=1S/C24H23N3O3/c28-16-17-5-4-6-18(13-17)23-21-15-27(19-7-2-1-3-8-19)24(29)20(21)14-22(25-23)26-9-11-30-12-10-26/h1-8,13-14,28H,9-12,15-16H2. The first-order valence-corrected chi connectivity index (χ1v) is 10.2. The van der Waals surface area contributed by atoms with Crippen molar-refractivity contribution in [1.29, 1.82) is 0 Å². The Morgan fingerprint density at radius 3 is 2.57 bits per heavy atom. The predicted octanol–water partition coefficient (Wildman–Crippen LogP) is 3.24. The summed E-state index contributed by atoms with van der Waals surface area (Å²) in [6.07, 6.45) is 0. The monoisotopic (exact) mass is 401 g/mol. The molecule has 0 atom stereocenters. The van der Waals surface area contributed by atoms with Crippen LogP contribution in [0.4, 0.5) is 11.5 Å². The largest absolute Gasteiger partial charge is 0.392 e. The van der Waals surface area contributed by atoms with Gasteiger partial charge in [0.1, 0.15) is 5.82 Å². The molecule has 1 saturated heterocycles. The molecule has 30 heavy (non-hydrogen) atoms. The molecular weight excluding hydrogens is 378 g/mol. The number of aliphatic hydroxyl groups is 1. The third-order valence-electron chi connectivity index (χ3n) is 5.69. The molecule has 1 amide bonds. The third-order valence-corrected chi connectivity index (χ3v) is 5.69. The molecule has 1 aromatic heterocycles. The van der Waals surface area contributed by atoms with Crippen LogP contribution in [0.1, 0.15) is 21.5 Å². The molecule has 6 nitrogen and oxygen atoms in total. The maximum atomic E-state index is 13.4. The summed E-state index contributed by atoms with van der Waals surface area (Å²) in [7, 11) is 0. The Balaban J connectivity index is 1.64. The van der Waals surface area contributed by atoms with Gasteiger partial charge < -0.3 is 19.6 Å². The molecule has 0 unspecified atom stereocenters. The fourth-order valence-corrected chi connectivity index (χ4v) is 4.11. The Kier molecular flexibility index (Phi) is 4.94. The molecule has 5 rings (SSSR count). The second kappa shape index (κ2) is 7.89. The molecular formula is C24H23N3O3. The number of pyridine rings is 1. The molecule has 0 spiro atoms. The zero-order valence-corrected chi connectivity index (χ0v) is 16.6. The van der Waals surface area contributed by atoms with E-state index in [0.29, 0.717) is 25.3 Å². The Bertz CT molecular complexity index is 1080. The number of benzene rings is 2. The van der Waals surface area contributed by atoms with Crippen LogP contribution in [0.15, 0.2) is 60.7 Å². The van der Waals surface area contributed by atoms with Gasteiger partial charge in [0.05, 0.1) is 37.6 Å². The van der Waals surface area contributed by atoms with Crippen LogP contribution < -0.4 is 9.80 Å². The average molecular weight is 401 g/mol. The number of hydrogen-bond acceptors (Lipinski definition) is 5. The predicted molar refractivity (Wildman–Crippen MR) is 116 cm³/mol. The van der Waals surface area contributed by atoms with E-state index < -0.39 is 0 Å². The number of anilines is 2. The smallest absolute Gasteiger partial charge is 0.259 e. The fraction of sp³-hybridized carbons (Fsp3) is 0.250. The molecule has 2 aromatic carbocycles. The molecule has 1 fully saturated rings. The number of amides is 1. The molecule has 0 bridgehead atoms. The molecule has 6 heteroatoms. The van der Waals surface area contributed by atoms with Gasteiger partial charge in [0.15, 0.2) is 0 Å². The quantitative estimate of drug-likeness (QED) is 0.727. The topological polar surface area (TPSA) is 65.9 Å². The number of carbonyl (C=O) groups excluding carboxylic acids is 1. The highest BCUT2D eigenvalue weighted by molar-refractivity contribution is 6.11. The first kappa shape index (κ1) is 18.8. The summed E-state index contributed by atoms with van der Waals surface area (Å²) in [6, 6.07) is 19.4. The van der Waals surface area contributed by atoms with Gasteiger partial charge in [-0.25, -0.2) is 4.98 Å². The van der Waals surface area contributed by atoms with Crippen LogP contribution in [-0.4, -0.2) is 42.3 Å². The van der Waals surface area contributed by atoms with Crippen LogP contribution in [0.3, 0.4) is 0 Å². The summed E-state index contributed by atoms with van der Waals surface area (Å²) in [4.78, 5) is 22.3. The van der Waals surface area contributed by atoms with E-state index >= 15 is 0 Å². The van der Waals surface area contributed by atoms with Gasteiger partial charge in [0.2, 0.25) is 0 Å². The van der Waals surface area contributed by atoms with E-state index in [1.54, 1.807) is 4.90 Å². The molecule has 0 aliphatic carbocycles. The van der Waals surface area contributed by atoms with Gasteiger partial charge in [-0.05, 0) is 29.8 Å². The molecule has 3 aromatic rings. The number of aromatic nitrogens is 1. The van der Waals surface area contributed by atoms with Crippen LogP contribution in [-0.2, 0) is 17.9 Å². The van der Waals surface area contributed by atoms with Crippen molar-refractivity contribution >= 4 is 17.4 Å². The Hall–Kier alpha value is -3.22. The van der Waals surface area contributed by atoms with Crippen molar-refractivity contribution in [2.24, 2.45) is 0 Å². The minimum Gasteiger partial charge on any atom is -0.392 e. The normalized spacial score (nSPS) is 16.1. The molecule has 2 aliphatic rings. The summed E-state index contributed by atoms with van der Waals surface area (Å²) in [5.41, 5.74) is 5.04. The van der Waals surface area contributed by atoms with E-state index in [4.69, 9.17) is 9.72 Å². The molecule has 2 aliphatic heterocycles. The maximum Gasteiger partial charge on any atom is 0.259 e. The van der Waals surface area contributed by atoms with E-state index in [1.807, 2.05) is 60.7 Å². The number of rotatable bonds is 4. The van der Waals surface area contributed by atoms with Gasteiger partial charge in [-0.15, -0.1) is 0 Å². The van der Waals surface area contributed by atoms with Crippen LogP contribution >= 0.6 is 0 Å². The summed E-state index contributed by atoms with van der Waals surface area (Å²) in [6.45, 7) is 3.24. The van der Waals surface area contributed by atoms with Crippen LogP contribution in [0.25, 0.3) is 11.3 Å². The number of ether oxygens (including phenoxy) is 1. The molecule has 1 N–H and O–H groups in total. The SMILES string of the molecule is O=C1c2cc(N3CCOCC3)nc(-c3cccc(CO)c3)c2CN1c1ccccc1. The van der Waals surface area contributed by atoms with E-state index in [-0.39, 0.29) is 12.5 Å². The lowest BCUT2D eigenvalue weighted by Crippen LogP contribution is -2.37. The van der Waals surface area contributed by atoms with Crippen molar-refractivity contribution in [2.45, 2.75) is 13.2 Å². The first-order chi connectivity index (χ1) is 14.7. The van der Waals surface area contributed by atoms with Crippen molar-refractivity contribution in [1.82, 2.24) is 4.98 Å². The minimum absolute atomic E-state index is 0.00678. The fourth-order valence-electron chi connectivity index (χ4n) is 4.11. The second-order valence-corrected chi connectivity index (χ2v) is 7.54. The van der Waals surface area contributed by atoms with E-state index in [2.05, 4.69) is 4.90 Å². The van der Waals surface area contributed by atoms with E-state index in [1.165, 1.54) is 0 Å². The molecule has 0 radical (unpaired) electrons. The zero-order valence-electron chi connectivity index (χ0n) is 16.6. The summed E-state index contributed by atoms with van der Waals surface area (Å²) in [5.74, 6) is 0.789. The number of nitrogens with zero attached hydrogens (tertiary/aromatic N) is 3. The molecule has 152 valence electrons. The average Bonchev–Trinajstić information content (AvgIpc) is 3.16. The van der Waals surface area contributed by atoms with Gasteiger partial charge in [-0.1, -0.05) is 36.4 Å². The lowest BCUT2D eigenvalue weighted by molar-refractivity contribution is 0.0996. The first-order valence-electron chi connectivity index (χ1n) is 10.2. The number of carbonyl (C=O) groups is 1. The highest BCUT2D eigenvalue weighted by Gasteiger charge is 2.33. The van der Waals surface area contributed by atoms with Crippen molar-refractivity contribution in [3.8, 4) is 11.3 Å². The van der Waals surface area contributed by atoms with E-state index in [9.17, 15) is 9.90 Å². The van der Waals surface area contributed by atoms with Crippen molar-refractivity contribution in [3.05, 3.63) is 77.4 Å². The molecule has 3 heterocycles. The summed E-state index contributed by atoms with van der Waals surface area (Å²) >= 11 is 0. The highest BCUT2D eigenvalue weighted by Crippen LogP contribution is 2.36. The van der Waals surface area contributed by atoms with Crippen LogP contribution in [0.2, 0.25) is 0 Å². The lowest BCUT2D eigenvalue weighted by Gasteiger charge is -2.28. The molecule has 0 saturated carbocycles. The Morgan fingerprint density at radius 2 is 1.80 bits per heavy atom. The maximum absolute atomic E-state index is 13.4. The lowest BCUT2D eigenvalue weighted by atomic mass is 10.0. The third kappa shape index (κ3) is 3.34. The summed E-state index contributed by atoms with van der Waals surface area (Å²) in [5, 5.41) is 9.59. The van der Waals surface area contributed by atoms with Crippen molar-refractivity contribution in [3.63, 3.8) is 0 Å². The van der Waals surface area contributed by atoms with Crippen molar-refractivity contribution in [2.75, 3.05) is 36.1 Å². The number of morpholine rings is 1. The second-order valence-electron chi connectivity index (χ2n) is 7.54. The summed E-state index contributed by atoms with van der Waals surface area (Å²) < 4.78 is 5.48. The number of fused-ring (bicyclic) bond motifs is 1. The van der Waals surface area contributed by atoms with E-state index in [0.717, 1.165) is 47.0 Å². The number of hydrogen-bond donors (Lipinski definition) is 1. The van der Waals surface area contributed by atoms with Crippen LogP contribution in [0.5, 0.6) is 0 Å². The number of para-hydroxylation sites is 1. The zero-order chi connectivity index (χ0) is 20.5. The minimum atomic E-state index is -0.0335. The highest BCUT2D eigenvalue weighted by atomic mass is 16.5. The van der Waals surface area contributed by atoms with Gasteiger partial charge >= 0.3 is 0 Å². The van der Waals surface area contributed by atoms with Gasteiger partial charge in [-0.3, -0.25) is 4.79 Å². The Morgan fingerprint density at radius 1 is 1.00 bits per heavy atom. The Labute approximate surface area is 175 Å². The number of aliphatic hydroxyl groups excluding tert-OH is 1. The van der Waals surface area contributed by atoms with Crippen molar-refractivity contribution < 1.29 is 14.6 Å².